The minimum atomic E-state index is -0.946. The summed E-state index contributed by atoms with van der Waals surface area (Å²) in [6.45, 7) is 3.19. The van der Waals surface area contributed by atoms with E-state index in [-0.39, 0.29) is 25.3 Å². The number of imide groups is 1. The number of ketones is 1. The summed E-state index contributed by atoms with van der Waals surface area (Å²) in [5.41, 5.74) is -0.633. The van der Waals surface area contributed by atoms with Crippen molar-refractivity contribution in [1.82, 2.24) is 10.2 Å². The van der Waals surface area contributed by atoms with E-state index in [0.29, 0.717) is 5.56 Å². The average molecular weight is 292 g/mol. The van der Waals surface area contributed by atoms with Gasteiger partial charge in [-0.25, -0.2) is 4.39 Å². The lowest BCUT2D eigenvalue weighted by atomic mass is 9.97. The molecule has 2 rings (SSSR count). The molecule has 1 aromatic rings. The van der Waals surface area contributed by atoms with E-state index in [2.05, 4.69) is 5.32 Å². The molecule has 1 N–H and O–H groups in total. The van der Waals surface area contributed by atoms with Crippen LogP contribution in [-0.4, -0.2) is 41.1 Å². The van der Waals surface area contributed by atoms with Crippen molar-refractivity contribution >= 4 is 17.6 Å². The van der Waals surface area contributed by atoms with E-state index in [0.717, 1.165) is 0 Å². The highest BCUT2D eigenvalue weighted by Gasteiger charge is 2.41. The summed E-state index contributed by atoms with van der Waals surface area (Å²) < 4.78 is 13.5. The number of halogens is 1. The average Bonchev–Trinajstić information content (AvgIpc) is 2.39. The zero-order valence-corrected chi connectivity index (χ0v) is 12.0. The van der Waals surface area contributed by atoms with Crippen LogP contribution in [-0.2, 0) is 20.8 Å². The summed E-state index contributed by atoms with van der Waals surface area (Å²) in [5, 5.41) is 2.24. The predicted octanol–water partition coefficient (Wildman–Crippen LogP) is 0.674. The highest BCUT2D eigenvalue weighted by molar-refractivity contribution is 6.03. The molecule has 1 aliphatic rings. The molecule has 0 saturated carbocycles. The Labute approximate surface area is 122 Å². The van der Waals surface area contributed by atoms with E-state index >= 15 is 0 Å². The first-order chi connectivity index (χ1) is 9.80. The number of Topliss-reactive ketones (excluding diaryl/α,β-unsaturated/α-hetero) is 1. The van der Waals surface area contributed by atoms with Crippen LogP contribution in [0.5, 0.6) is 0 Å². The number of nitrogens with zero attached hydrogens (tertiary/aromatic N) is 1. The van der Waals surface area contributed by atoms with E-state index in [9.17, 15) is 18.8 Å². The smallest absolute Gasteiger partial charge is 0.246 e. The van der Waals surface area contributed by atoms with Gasteiger partial charge >= 0.3 is 0 Å². The van der Waals surface area contributed by atoms with Crippen LogP contribution in [0.4, 0.5) is 4.39 Å². The summed E-state index contributed by atoms with van der Waals surface area (Å²) in [6.07, 6.45) is -0.0605. The summed E-state index contributed by atoms with van der Waals surface area (Å²) in [6, 6.07) is 6.06. The van der Waals surface area contributed by atoms with E-state index in [1.54, 1.807) is 32.0 Å². The van der Waals surface area contributed by atoms with Crippen LogP contribution in [0.3, 0.4) is 0 Å². The fraction of sp³-hybridized carbons (Fsp3) is 0.400. The number of piperazine rings is 1. The van der Waals surface area contributed by atoms with E-state index in [1.165, 1.54) is 11.0 Å². The number of carbonyl (C=O) groups is 3. The summed E-state index contributed by atoms with van der Waals surface area (Å²) in [5.74, 6) is -1.54. The first kappa shape index (κ1) is 15.3. The van der Waals surface area contributed by atoms with E-state index in [4.69, 9.17) is 0 Å². The molecule has 6 heteroatoms. The van der Waals surface area contributed by atoms with Gasteiger partial charge in [0.25, 0.3) is 0 Å². The number of hydrogen-bond donors (Lipinski definition) is 1. The molecule has 0 unspecified atom stereocenters. The number of hydrogen-bond acceptors (Lipinski definition) is 4. The molecule has 1 aromatic carbocycles. The van der Waals surface area contributed by atoms with E-state index in [1.807, 2.05) is 0 Å². The fourth-order valence-corrected chi connectivity index (χ4v) is 2.21. The minimum Gasteiger partial charge on any atom is -0.298 e. The third-order valence-electron chi connectivity index (χ3n) is 3.65. The van der Waals surface area contributed by atoms with Gasteiger partial charge in [-0.15, -0.1) is 0 Å². The van der Waals surface area contributed by atoms with Crippen LogP contribution >= 0.6 is 0 Å². The normalized spacial score (nSPS) is 18.4. The molecule has 1 saturated heterocycles. The molecule has 1 fully saturated rings. The molecule has 0 aliphatic carbocycles. The Kier molecular flexibility index (Phi) is 4.18. The highest BCUT2D eigenvalue weighted by Crippen LogP contribution is 2.18. The lowest BCUT2D eigenvalue weighted by Gasteiger charge is -2.39. The Hall–Kier alpha value is -2.08. The Balaban J connectivity index is 2.06. The summed E-state index contributed by atoms with van der Waals surface area (Å²) >= 11 is 0. The standard InChI is InChI=1S/C15H17FN2O3/c1-15(2)14(21)17-13(20)9-18(15)8-11(19)7-10-5-3-4-6-12(10)16/h3-6H,7-9H2,1-2H3,(H,17,20,21). The van der Waals surface area contributed by atoms with Gasteiger partial charge in [-0.3, -0.25) is 24.6 Å². The highest BCUT2D eigenvalue weighted by atomic mass is 19.1. The Morgan fingerprint density at radius 2 is 2.00 bits per heavy atom. The van der Waals surface area contributed by atoms with Crippen molar-refractivity contribution in [3.05, 3.63) is 35.6 Å². The van der Waals surface area contributed by atoms with Gasteiger partial charge in [-0.1, -0.05) is 18.2 Å². The third-order valence-corrected chi connectivity index (χ3v) is 3.65. The molecular weight excluding hydrogens is 275 g/mol. The molecular formula is C15H17FN2O3. The third kappa shape index (κ3) is 3.33. The van der Waals surface area contributed by atoms with Crippen molar-refractivity contribution in [2.24, 2.45) is 0 Å². The van der Waals surface area contributed by atoms with Crippen LogP contribution in [0.1, 0.15) is 19.4 Å². The van der Waals surface area contributed by atoms with Gasteiger partial charge in [0.05, 0.1) is 18.6 Å². The maximum atomic E-state index is 13.5. The second-order valence-electron chi connectivity index (χ2n) is 5.60. The topological polar surface area (TPSA) is 66.5 Å². The second kappa shape index (κ2) is 5.73. The molecule has 0 spiro atoms. The first-order valence-electron chi connectivity index (χ1n) is 6.65. The summed E-state index contributed by atoms with van der Waals surface area (Å²) in [7, 11) is 0. The lowest BCUT2D eigenvalue weighted by Crippen LogP contribution is -2.64. The number of carbonyl (C=O) groups excluding carboxylic acids is 3. The molecule has 0 aromatic heterocycles. The van der Waals surface area contributed by atoms with Gasteiger partial charge in [0.1, 0.15) is 5.82 Å². The van der Waals surface area contributed by atoms with Crippen molar-refractivity contribution < 1.29 is 18.8 Å². The number of rotatable bonds is 4. The number of benzene rings is 1. The molecule has 0 atom stereocenters. The van der Waals surface area contributed by atoms with Gasteiger partial charge in [0, 0.05) is 6.42 Å². The van der Waals surface area contributed by atoms with Crippen molar-refractivity contribution in [3.63, 3.8) is 0 Å². The van der Waals surface area contributed by atoms with Gasteiger partial charge in [0.15, 0.2) is 5.78 Å². The Morgan fingerprint density at radius 1 is 1.33 bits per heavy atom. The SMILES string of the molecule is CC1(C)C(=O)NC(=O)CN1CC(=O)Cc1ccccc1F. The molecule has 5 nitrogen and oxygen atoms in total. The maximum absolute atomic E-state index is 13.5. The molecule has 21 heavy (non-hydrogen) atoms. The van der Waals surface area contributed by atoms with E-state index < -0.39 is 23.2 Å². The van der Waals surface area contributed by atoms with Gasteiger partial charge in [-0.2, -0.15) is 0 Å². The Bertz CT molecular complexity index is 598. The largest absolute Gasteiger partial charge is 0.298 e. The number of nitrogens with one attached hydrogen (secondary N) is 1. The van der Waals surface area contributed by atoms with Crippen LogP contribution < -0.4 is 5.32 Å². The number of amides is 2. The fourth-order valence-electron chi connectivity index (χ4n) is 2.21. The quantitative estimate of drug-likeness (QED) is 0.829. The van der Waals surface area contributed by atoms with Crippen molar-refractivity contribution in [2.75, 3.05) is 13.1 Å². The van der Waals surface area contributed by atoms with Crippen LogP contribution in [0.25, 0.3) is 0 Å². The van der Waals surface area contributed by atoms with Crippen LogP contribution in [0.15, 0.2) is 24.3 Å². The molecule has 1 aliphatic heterocycles. The second-order valence-corrected chi connectivity index (χ2v) is 5.60. The minimum absolute atomic E-state index is 0.0260. The van der Waals surface area contributed by atoms with Gasteiger partial charge in [-0.05, 0) is 25.5 Å². The van der Waals surface area contributed by atoms with Crippen molar-refractivity contribution in [3.8, 4) is 0 Å². The van der Waals surface area contributed by atoms with Gasteiger partial charge < -0.3 is 0 Å². The van der Waals surface area contributed by atoms with Crippen LogP contribution in [0.2, 0.25) is 0 Å². The first-order valence-corrected chi connectivity index (χ1v) is 6.65. The molecule has 112 valence electrons. The van der Waals surface area contributed by atoms with Crippen LogP contribution in [0, 0.1) is 5.82 Å². The van der Waals surface area contributed by atoms with Crippen molar-refractivity contribution in [1.29, 1.82) is 0 Å². The molecule has 0 radical (unpaired) electrons. The maximum Gasteiger partial charge on any atom is 0.246 e. The molecule has 2 amide bonds. The molecule has 0 bridgehead atoms. The lowest BCUT2D eigenvalue weighted by molar-refractivity contribution is -0.146. The van der Waals surface area contributed by atoms with Crippen molar-refractivity contribution in [2.45, 2.75) is 25.8 Å². The monoisotopic (exact) mass is 292 g/mol. The predicted molar refractivity (Wildman–Crippen MR) is 73.9 cm³/mol. The zero-order chi connectivity index (χ0) is 15.6. The molecule has 1 heterocycles. The summed E-state index contributed by atoms with van der Waals surface area (Å²) in [4.78, 5) is 36.8. The van der Waals surface area contributed by atoms with Gasteiger partial charge in [0.2, 0.25) is 11.8 Å². The zero-order valence-electron chi connectivity index (χ0n) is 12.0. The Morgan fingerprint density at radius 3 is 2.67 bits per heavy atom.